The molecule has 4 rings (SSSR count). The van der Waals surface area contributed by atoms with Crippen LogP contribution in [0.15, 0.2) is 73.2 Å². The first-order chi connectivity index (χ1) is 12.8. The molecular formula is C20H18N4O2. The van der Waals surface area contributed by atoms with Crippen molar-refractivity contribution in [3.05, 3.63) is 84.3 Å². The van der Waals surface area contributed by atoms with Crippen LogP contribution in [0.2, 0.25) is 0 Å². The summed E-state index contributed by atoms with van der Waals surface area (Å²) in [5, 5.41) is 3.03. The van der Waals surface area contributed by atoms with E-state index < -0.39 is 0 Å². The fourth-order valence-electron chi connectivity index (χ4n) is 3.00. The van der Waals surface area contributed by atoms with Crippen molar-refractivity contribution in [2.45, 2.75) is 12.7 Å². The van der Waals surface area contributed by atoms with Crippen molar-refractivity contribution in [3.8, 4) is 11.6 Å². The van der Waals surface area contributed by atoms with Crippen LogP contribution in [0.4, 0.5) is 0 Å². The molecule has 2 heterocycles. The highest BCUT2D eigenvalue weighted by Gasteiger charge is 2.30. The maximum atomic E-state index is 11.9. The van der Waals surface area contributed by atoms with E-state index in [-0.39, 0.29) is 12.1 Å². The number of hydrogen-bond donors (Lipinski definition) is 1. The lowest BCUT2D eigenvalue weighted by molar-refractivity contribution is -0.118. The number of aromatic nitrogens is 2. The Morgan fingerprint density at radius 1 is 1.08 bits per heavy atom. The van der Waals surface area contributed by atoms with Crippen LogP contribution in [0.3, 0.4) is 0 Å². The molecule has 130 valence electrons. The molecule has 0 aliphatic carbocycles. The fraction of sp³-hybridized carbons (Fsp3) is 0.150. The van der Waals surface area contributed by atoms with Crippen molar-refractivity contribution in [3.63, 3.8) is 0 Å². The number of ether oxygens (including phenoxy) is 1. The minimum atomic E-state index is -0.145. The molecule has 26 heavy (non-hydrogen) atoms. The molecule has 2 aromatic carbocycles. The van der Waals surface area contributed by atoms with Crippen LogP contribution in [0.25, 0.3) is 0 Å². The highest BCUT2D eigenvalue weighted by Crippen LogP contribution is 2.27. The van der Waals surface area contributed by atoms with Crippen molar-refractivity contribution in [1.29, 1.82) is 0 Å². The monoisotopic (exact) mass is 346 g/mol. The largest absolute Gasteiger partial charge is 0.438 e. The van der Waals surface area contributed by atoms with Gasteiger partial charge in [-0.25, -0.2) is 4.98 Å². The summed E-state index contributed by atoms with van der Waals surface area (Å²) < 4.78 is 5.67. The molecule has 6 heteroatoms. The number of benzene rings is 2. The molecule has 6 nitrogen and oxygen atoms in total. The van der Waals surface area contributed by atoms with Gasteiger partial charge in [0.15, 0.2) is 0 Å². The molecule has 1 N–H and O–H groups in total. The Kier molecular flexibility index (Phi) is 4.57. The Morgan fingerprint density at radius 2 is 1.88 bits per heavy atom. The van der Waals surface area contributed by atoms with Gasteiger partial charge in [-0.2, -0.15) is 0 Å². The summed E-state index contributed by atoms with van der Waals surface area (Å²) in [4.78, 5) is 22.1. The average molecular weight is 346 g/mol. The van der Waals surface area contributed by atoms with Crippen LogP contribution in [0, 0.1) is 0 Å². The van der Waals surface area contributed by atoms with Gasteiger partial charge in [0.2, 0.25) is 11.8 Å². The van der Waals surface area contributed by atoms with Crippen LogP contribution in [0.5, 0.6) is 11.6 Å². The van der Waals surface area contributed by atoms with Gasteiger partial charge in [0, 0.05) is 18.9 Å². The van der Waals surface area contributed by atoms with Gasteiger partial charge in [-0.3, -0.25) is 14.7 Å². The van der Waals surface area contributed by atoms with Gasteiger partial charge in [-0.1, -0.05) is 42.5 Å². The second kappa shape index (κ2) is 7.33. The zero-order chi connectivity index (χ0) is 17.8. The lowest BCUT2D eigenvalue weighted by Gasteiger charge is -2.23. The van der Waals surface area contributed by atoms with Gasteiger partial charge in [0.25, 0.3) is 0 Å². The topological polar surface area (TPSA) is 67.4 Å². The predicted molar refractivity (Wildman–Crippen MR) is 96.3 cm³/mol. The van der Waals surface area contributed by atoms with E-state index in [1.807, 2.05) is 42.5 Å². The lowest BCUT2D eigenvalue weighted by atomic mass is 10.1. The van der Waals surface area contributed by atoms with Crippen molar-refractivity contribution in [1.82, 2.24) is 20.2 Å². The number of carbonyl (C=O) groups is 1. The van der Waals surface area contributed by atoms with Gasteiger partial charge < -0.3 is 10.1 Å². The zero-order valence-corrected chi connectivity index (χ0v) is 14.1. The zero-order valence-electron chi connectivity index (χ0n) is 14.1. The molecule has 0 radical (unpaired) electrons. The SMILES string of the molecule is O=C1CN(Cc2ccccc2)[C@@H](c2ccc(Oc3cnccn3)cc2)N1. The minimum Gasteiger partial charge on any atom is -0.438 e. The van der Waals surface area contributed by atoms with Crippen LogP contribution < -0.4 is 10.1 Å². The van der Waals surface area contributed by atoms with Gasteiger partial charge >= 0.3 is 0 Å². The maximum absolute atomic E-state index is 11.9. The van der Waals surface area contributed by atoms with Crippen molar-refractivity contribution < 1.29 is 9.53 Å². The van der Waals surface area contributed by atoms with Crippen molar-refractivity contribution in [2.75, 3.05) is 6.54 Å². The highest BCUT2D eigenvalue weighted by atomic mass is 16.5. The van der Waals surface area contributed by atoms with Crippen LogP contribution in [-0.4, -0.2) is 27.3 Å². The Morgan fingerprint density at radius 3 is 2.62 bits per heavy atom. The summed E-state index contributed by atoms with van der Waals surface area (Å²) in [7, 11) is 0. The molecule has 1 saturated heterocycles. The lowest BCUT2D eigenvalue weighted by Crippen LogP contribution is -2.27. The van der Waals surface area contributed by atoms with E-state index in [1.54, 1.807) is 18.6 Å². The molecule has 0 saturated carbocycles. The number of nitrogens with one attached hydrogen (secondary N) is 1. The number of nitrogens with zero attached hydrogens (tertiary/aromatic N) is 3. The average Bonchev–Trinajstić information content (AvgIpc) is 3.04. The second-order valence-electron chi connectivity index (χ2n) is 6.08. The minimum absolute atomic E-state index is 0.0332. The summed E-state index contributed by atoms with van der Waals surface area (Å²) in [5.41, 5.74) is 2.19. The van der Waals surface area contributed by atoms with E-state index in [1.165, 1.54) is 5.56 Å². The number of rotatable bonds is 5. The first-order valence-electron chi connectivity index (χ1n) is 8.39. The Bertz CT molecular complexity index is 869. The van der Waals surface area contributed by atoms with E-state index in [0.29, 0.717) is 24.7 Å². The Balaban J connectivity index is 1.49. The predicted octanol–water partition coefficient (Wildman–Crippen LogP) is 2.90. The molecule has 1 amide bonds. The Labute approximate surface area is 151 Å². The second-order valence-corrected chi connectivity index (χ2v) is 6.08. The van der Waals surface area contributed by atoms with Crippen LogP contribution in [-0.2, 0) is 11.3 Å². The third-order valence-electron chi connectivity index (χ3n) is 4.20. The van der Waals surface area contributed by atoms with E-state index >= 15 is 0 Å². The molecular weight excluding hydrogens is 328 g/mol. The van der Waals surface area contributed by atoms with Gasteiger partial charge in [-0.15, -0.1) is 0 Å². The summed E-state index contributed by atoms with van der Waals surface area (Å²) in [5.74, 6) is 1.15. The van der Waals surface area contributed by atoms with Crippen molar-refractivity contribution in [2.24, 2.45) is 0 Å². The van der Waals surface area contributed by atoms with Crippen LogP contribution in [0.1, 0.15) is 17.3 Å². The molecule has 1 fully saturated rings. The molecule has 1 aliphatic rings. The van der Waals surface area contributed by atoms with Gasteiger partial charge in [0.1, 0.15) is 11.9 Å². The molecule has 1 atom stereocenters. The number of hydrogen-bond acceptors (Lipinski definition) is 5. The fourth-order valence-corrected chi connectivity index (χ4v) is 3.00. The van der Waals surface area contributed by atoms with Gasteiger partial charge in [-0.05, 0) is 23.3 Å². The van der Waals surface area contributed by atoms with Crippen molar-refractivity contribution >= 4 is 5.91 Å². The Hall–Kier alpha value is -3.25. The van der Waals surface area contributed by atoms with Gasteiger partial charge in [0.05, 0.1) is 12.7 Å². The molecule has 1 aromatic heterocycles. The molecule has 3 aromatic rings. The quantitative estimate of drug-likeness (QED) is 0.769. The molecule has 1 aliphatic heterocycles. The first kappa shape index (κ1) is 16.2. The summed E-state index contributed by atoms with van der Waals surface area (Å²) >= 11 is 0. The van der Waals surface area contributed by atoms with E-state index in [4.69, 9.17) is 4.74 Å². The molecule has 0 spiro atoms. The van der Waals surface area contributed by atoms with E-state index in [2.05, 4.69) is 32.3 Å². The standard InChI is InChI=1S/C20H18N4O2/c25-18-14-24(13-15-4-2-1-3-5-15)20(23-18)16-6-8-17(9-7-16)26-19-12-21-10-11-22-19/h1-12,20H,13-14H2,(H,23,25)/t20-/m0/s1. The number of carbonyl (C=O) groups excluding carboxylic acids is 1. The molecule has 0 bridgehead atoms. The summed E-state index contributed by atoms with van der Waals surface area (Å²) in [6, 6.07) is 17.8. The van der Waals surface area contributed by atoms with Crippen LogP contribution >= 0.6 is 0 Å². The first-order valence-corrected chi connectivity index (χ1v) is 8.39. The molecule has 0 unspecified atom stereocenters. The smallest absolute Gasteiger partial charge is 0.237 e. The van der Waals surface area contributed by atoms with E-state index in [9.17, 15) is 4.79 Å². The van der Waals surface area contributed by atoms with E-state index in [0.717, 1.165) is 5.56 Å². The summed E-state index contributed by atoms with van der Waals surface area (Å²) in [6.07, 6.45) is 4.60. The maximum Gasteiger partial charge on any atom is 0.237 e. The highest BCUT2D eigenvalue weighted by molar-refractivity contribution is 5.80. The normalized spacial score (nSPS) is 17.1. The third-order valence-corrected chi connectivity index (χ3v) is 4.20. The third kappa shape index (κ3) is 3.70. The number of amides is 1. The summed E-state index contributed by atoms with van der Waals surface area (Å²) in [6.45, 7) is 1.10.